The second-order valence-electron chi connectivity index (χ2n) is 6.28. The monoisotopic (exact) mass is 328 g/mol. The molecule has 3 heterocycles. The molecule has 0 unspecified atom stereocenters. The Morgan fingerprint density at radius 1 is 1.29 bits per heavy atom. The molecule has 0 N–H and O–H groups in total. The van der Waals surface area contributed by atoms with Gasteiger partial charge in [-0.1, -0.05) is 25.1 Å². The topological polar surface area (TPSA) is 72.1 Å². The highest BCUT2D eigenvalue weighted by molar-refractivity contribution is 5.78. The minimum atomic E-state index is 0.153. The number of hydrogen-bond acceptors (Lipinski definition) is 5. The lowest BCUT2D eigenvalue weighted by Gasteiger charge is -2.32. The van der Waals surface area contributed by atoms with Gasteiger partial charge in [0.2, 0.25) is 17.6 Å². The van der Waals surface area contributed by atoms with Gasteiger partial charge >= 0.3 is 0 Å². The molecule has 0 aliphatic carbocycles. The number of pyridine rings is 1. The lowest BCUT2D eigenvalue weighted by Crippen LogP contribution is -2.41. The van der Waals surface area contributed by atoms with Gasteiger partial charge in [-0.05, 0) is 37.8 Å². The largest absolute Gasteiger partial charge is 0.342 e. The molecule has 6 heteroatoms. The number of amides is 1. The van der Waals surface area contributed by atoms with Gasteiger partial charge in [-0.2, -0.15) is 4.98 Å². The number of aromatic nitrogens is 3. The molecule has 2 aromatic heterocycles. The van der Waals surface area contributed by atoms with E-state index in [-0.39, 0.29) is 17.7 Å². The van der Waals surface area contributed by atoms with Crippen LogP contribution in [0.1, 0.15) is 51.3 Å². The van der Waals surface area contributed by atoms with Crippen LogP contribution < -0.4 is 0 Å². The molecule has 24 heavy (non-hydrogen) atoms. The Labute approximate surface area is 142 Å². The van der Waals surface area contributed by atoms with Gasteiger partial charge in [0.1, 0.15) is 5.69 Å². The lowest BCUT2D eigenvalue weighted by molar-refractivity contribution is -0.136. The first-order valence-corrected chi connectivity index (χ1v) is 8.76. The van der Waals surface area contributed by atoms with Gasteiger partial charge in [0, 0.05) is 31.1 Å². The van der Waals surface area contributed by atoms with Gasteiger partial charge in [-0.25, -0.2) is 0 Å². The molecule has 3 rings (SSSR count). The van der Waals surface area contributed by atoms with E-state index in [0.29, 0.717) is 17.4 Å². The summed E-state index contributed by atoms with van der Waals surface area (Å²) in [5, 5.41) is 4.04. The molecule has 0 saturated carbocycles. The molecule has 1 aliphatic heterocycles. The van der Waals surface area contributed by atoms with Crippen molar-refractivity contribution in [2.45, 2.75) is 45.4 Å². The van der Waals surface area contributed by atoms with E-state index in [1.807, 2.05) is 23.1 Å². The van der Waals surface area contributed by atoms with E-state index in [1.54, 1.807) is 6.20 Å². The lowest BCUT2D eigenvalue weighted by atomic mass is 9.94. The molecule has 128 valence electrons. The third-order valence-corrected chi connectivity index (χ3v) is 4.83. The van der Waals surface area contributed by atoms with Crippen LogP contribution in [-0.2, 0) is 4.79 Å². The van der Waals surface area contributed by atoms with Gasteiger partial charge in [0.25, 0.3) is 0 Å². The van der Waals surface area contributed by atoms with Crippen molar-refractivity contribution in [1.29, 1.82) is 0 Å². The molecular weight excluding hydrogens is 304 g/mol. The fourth-order valence-electron chi connectivity index (χ4n) is 3.24. The van der Waals surface area contributed by atoms with Crippen LogP contribution in [-0.4, -0.2) is 39.0 Å². The maximum atomic E-state index is 12.5. The highest BCUT2D eigenvalue weighted by Gasteiger charge is 2.29. The molecule has 1 fully saturated rings. The molecule has 0 radical (unpaired) electrons. The Morgan fingerprint density at radius 3 is 2.67 bits per heavy atom. The molecule has 2 aromatic rings. The maximum Gasteiger partial charge on any atom is 0.230 e. The first-order chi connectivity index (χ1) is 11.7. The fourth-order valence-corrected chi connectivity index (χ4v) is 3.24. The Bertz CT molecular complexity index is 659. The summed E-state index contributed by atoms with van der Waals surface area (Å²) in [6, 6.07) is 5.63. The molecule has 0 bridgehead atoms. The maximum absolute atomic E-state index is 12.5. The third kappa shape index (κ3) is 3.47. The summed E-state index contributed by atoms with van der Waals surface area (Å²) >= 11 is 0. The minimum Gasteiger partial charge on any atom is -0.342 e. The summed E-state index contributed by atoms with van der Waals surface area (Å²) < 4.78 is 5.44. The van der Waals surface area contributed by atoms with E-state index in [4.69, 9.17) is 4.52 Å². The van der Waals surface area contributed by atoms with Crippen molar-refractivity contribution in [1.82, 2.24) is 20.0 Å². The number of carbonyl (C=O) groups excluding carboxylic acids is 1. The van der Waals surface area contributed by atoms with Crippen LogP contribution >= 0.6 is 0 Å². The Hall–Kier alpha value is -2.24. The predicted octanol–water partition coefficient (Wildman–Crippen LogP) is 3.27. The van der Waals surface area contributed by atoms with Gasteiger partial charge in [0.05, 0.1) is 0 Å². The summed E-state index contributed by atoms with van der Waals surface area (Å²) in [7, 11) is 0. The highest BCUT2D eigenvalue weighted by Crippen LogP contribution is 2.29. The molecule has 1 amide bonds. The smallest absolute Gasteiger partial charge is 0.230 e. The molecule has 1 saturated heterocycles. The van der Waals surface area contributed by atoms with E-state index < -0.39 is 0 Å². The predicted molar refractivity (Wildman–Crippen MR) is 90.2 cm³/mol. The van der Waals surface area contributed by atoms with E-state index in [9.17, 15) is 4.79 Å². The molecule has 0 aromatic carbocycles. The molecule has 1 aliphatic rings. The number of carbonyl (C=O) groups is 1. The van der Waals surface area contributed by atoms with E-state index in [0.717, 1.165) is 38.8 Å². The molecule has 0 spiro atoms. The molecule has 6 nitrogen and oxygen atoms in total. The summed E-state index contributed by atoms with van der Waals surface area (Å²) in [6.45, 7) is 5.69. The third-order valence-electron chi connectivity index (χ3n) is 4.83. The van der Waals surface area contributed by atoms with E-state index in [1.165, 1.54) is 0 Å². The molecular formula is C18H24N4O2. The van der Waals surface area contributed by atoms with Gasteiger partial charge in [0.15, 0.2) is 0 Å². The summed E-state index contributed by atoms with van der Waals surface area (Å²) in [5.74, 6) is 1.85. The number of rotatable bonds is 5. The van der Waals surface area contributed by atoms with Crippen molar-refractivity contribution >= 4 is 5.91 Å². The van der Waals surface area contributed by atoms with Crippen LogP contribution in [0.4, 0.5) is 0 Å². The number of piperidine rings is 1. The van der Waals surface area contributed by atoms with Gasteiger partial charge in [-0.3, -0.25) is 9.78 Å². The van der Waals surface area contributed by atoms with Crippen molar-refractivity contribution in [3.8, 4) is 11.5 Å². The van der Waals surface area contributed by atoms with E-state index in [2.05, 4.69) is 29.0 Å². The normalized spacial score (nSPS) is 15.9. The minimum absolute atomic E-state index is 0.153. The van der Waals surface area contributed by atoms with Crippen LogP contribution in [0.15, 0.2) is 28.9 Å². The average molecular weight is 328 g/mol. The van der Waals surface area contributed by atoms with Crippen molar-refractivity contribution in [3.63, 3.8) is 0 Å². The van der Waals surface area contributed by atoms with Gasteiger partial charge < -0.3 is 9.42 Å². The number of likely N-dealkylation sites (tertiary alicyclic amines) is 1. The van der Waals surface area contributed by atoms with Crippen molar-refractivity contribution in [2.75, 3.05) is 13.1 Å². The SMILES string of the molecule is CCC(CC)C(=O)N1CCC(c2nc(-c3ccccn3)no2)CC1. The molecule has 0 atom stereocenters. The summed E-state index contributed by atoms with van der Waals surface area (Å²) in [4.78, 5) is 23.2. The second kappa shape index (κ2) is 7.55. The van der Waals surface area contributed by atoms with E-state index >= 15 is 0 Å². The zero-order valence-electron chi connectivity index (χ0n) is 14.3. The zero-order chi connectivity index (χ0) is 16.9. The van der Waals surface area contributed by atoms with Crippen LogP contribution in [0, 0.1) is 5.92 Å². The van der Waals surface area contributed by atoms with Gasteiger partial charge in [-0.15, -0.1) is 0 Å². The Balaban J connectivity index is 1.61. The van der Waals surface area contributed by atoms with Crippen molar-refractivity contribution < 1.29 is 9.32 Å². The summed E-state index contributed by atoms with van der Waals surface area (Å²) in [5.41, 5.74) is 0.717. The van der Waals surface area contributed by atoms with Crippen LogP contribution in [0.3, 0.4) is 0 Å². The van der Waals surface area contributed by atoms with Crippen LogP contribution in [0.2, 0.25) is 0 Å². The Kier molecular flexibility index (Phi) is 5.23. The van der Waals surface area contributed by atoms with Crippen LogP contribution in [0.5, 0.6) is 0 Å². The number of nitrogens with zero attached hydrogens (tertiary/aromatic N) is 4. The van der Waals surface area contributed by atoms with Crippen LogP contribution in [0.25, 0.3) is 11.5 Å². The highest BCUT2D eigenvalue weighted by atomic mass is 16.5. The quantitative estimate of drug-likeness (QED) is 0.842. The number of hydrogen-bond donors (Lipinski definition) is 0. The first-order valence-electron chi connectivity index (χ1n) is 8.76. The first kappa shape index (κ1) is 16.6. The van der Waals surface area contributed by atoms with Crippen molar-refractivity contribution in [3.05, 3.63) is 30.3 Å². The zero-order valence-corrected chi connectivity index (χ0v) is 14.3. The van der Waals surface area contributed by atoms with Crippen molar-refractivity contribution in [2.24, 2.45) is 5.92 Å². The second-order valence-corrected chi connectivity index (χ2v) is 6.28. The Morgan fingerprint density at radius 2 is 2.04 bits per heavy atom. The standard InChI is InChI=1S/C18H24N4O2/c1-3-13(4-2)18(23)22-11-8-14(9-12-22)17-20-16(21-24-17)15-7-5-6-10-19-15/h5-7,10,13-14H,3-4,8-9,11-12H2,1-2H3. The summed E-state index contributed by atoms with van der Waals surface area (Å²) in [6.07, 6.45) is 5.28. The average Bonchev–Trinajstić information content (AvgIpc) is 3.14. The fraction of sp³-hybridized carbons (Fsp3) is 0.556.